The van der Waals surface area contributed by atoms with Gasteiger partial charge >= 0.3 is 0 Å². The van der Waals surface area contributed by atoms with Crippen molar-refractivity contribution >= 4 is 11.8 Å². The Balaban J connectivity index is 2.02. The quantitative estimate of drug-likeness (QED) is 0.448. The summed E-state index contributed by atoms with van der Waals surface area (Å²) in [4.78, 5) is 24.5. The van der Waals surface area contributed by atoms with E-state index < -0.39 is 5.91 Å². The Hall–Kier alpha value is -1.82. The molecule has 0 bridgehead atoms. The molecule has 1 fully saturated rings. The first kappa shape index (κ1) is 11.7. The second-order valence-electron chi connectivity index (χ2n) is 4.36. The Labute approximate surface area is 98.7 Å². The van der Waals surface area contributed by atoms with E-state index in [0.717, 1.165) is 6.54 Å². The van der Waals surface area contributed by atoms with Crippen molar-refractivity contribution in [3.8, 4) is 0 Å². The lowest BCUT2D eigenvalue weighted by atomic mass is 10.2. The maximum Gasteiger partial charge on any atom is 0.268 e. The first-order valence-electron chi connectivity index (χ1n) is 5.46. The molecule has 6 heteroatoms. The maximum atomic E-state index is 11.6. The average Bonchev–Trinajstić information content (AvgIpc) is 2.86. The molecule has 0 radical (unpaired) electrons. The van der Waals surface area contributed by atoms with Crippen LogP contribution in [0.15, 0.2) is 16.7 Å². The van der Waals surface area contributed by atoms with Gasteiger partial charge in [0.15, 0.2) is 0 Å². The number of hydrogen-bond donors (Lipinski definition) is 2. The topological polar surface area (TPSA) is 88.6 Å². The van der Waals surface area contributed by atoms with Gasteiger partial charge in [-0.2, -0.15) is 0 Å². The summed E-state index contributed by atoms with van der Waals surface area (Å²) in [6.45, 7) is 3.17. The number of nitrogens with zero attached hydrogens (tertiary/aromatic N) is 1. The standard InChI is InChI=1S/C11H15N3O3/c1-7-2-10(15)14(4-7)5-9-3-8(6-17-9)11(16)13-12/h3,6-7H,2,4-5,12H2,1H3,(H,13,16). The number of nitrogens with one attached hydrogen (secondary N) is 1. The molecule has 2 amide bonds. The first-order chi connectivity index (χ1) is 8.10. The zero-order valence-corrected chi connectivity index (χ0v) is 9.60. The van der Waals surface area contributed by atoms with Gasteiger partial charge in [0.25, 0.3) is 5.91 Å². The fourth-order valence-corrected chi connectivity index (χ4v) is 1.98. The van der Waals surface area contributed by atoms with Crippen LogP contribution in [0.3, 0.4) is 0 Å². The molecule has 92 valence electrons. The number of likely N-dealkylation sites (tertiary alicyclic amines) is 1. The van der Waals surface area contributed by atoms with E-state index in [2.05, 4.69) is 0 Å². The lowest BCUT2D eigenvalue weighted by molar-refractivity contribution is -0.128. The number of carbonyl (C=O) groups excluding carboxylic acids is 2. The summed E-state index contributed by atoms with van der Waals surface area (Å²) in [7, 11) is 0. The molecule has 1 saturated heterocycles. The second-order valence-corrected chi connectivity index (χ2v) is 4.36. The molecule has 1 aliphatic rings. The van der Waals surface area contributed by atoms with Crippen LogP contribution in [0.25, 0.3) is 0 Å². The Bertz CT molecular complexity index is 441. The molecule has 1 aromatic rings. The van der Waals surface area contributed by atoms with Crippen molar-refractivity contribution in [2.45, 2.75) is 19.9 Å². The van der Waals surface area contributed by atoms with E-state index >= 15 is 0 Å². The molecule has 0 saturated carbocycles. The van der Waals surface area contributed by atoms with Crippen molar-refractivity contribution in [3.05, 3.63) is 23.7 Å². The molecule has 0 spiro atoms. The van der Waals surface area contributed by atoms with Gasteiger partial charge < -0.3 is 9.32 Å². The minimum absolute atomic E-state index is 0.124. The van der Waals surface area contributed by atoms with Gasteiger partial charge in [0.05, 0.1) is 12.1 Å². The fraction of sp³-hybridized carbons (Fsp3) is 0.455. The smallest absolute Gasteiger partial charge is 0.268 e. The Morgan fingerprint density at radius 3 is 3.06 bits per heavy atom. The molecule has 2 heterocycles. The summed E-state index contributed by atoms with van der Waals surface area (Å²) in [5.74, 6) is 5.70. The second kappa shape index (κ2) is 4.58. The summed E-state index contributed by atoms with van der Waals surface area (Å²) >= 11 is 0. The van der Waals surface area contributed by atoms with Crippen LogP contribution < -0.4 is 11.3 Å². The number of nitrogens with two attached hydrogens (primary N) is 1. The lowest BCUT2D eigenvalue weighted by Crippen LogP contribution is -2.29. The molecule has 0 aromatic carbocycles. The van der Waals surface area contributed by atoms with Gasteiger partial charge in [-0.05, 0) is 12.0 Å². The highest BCUT2D eigenvalue weighted by Gasteiger charge is 2.27. The molecule has 1 aromatic heterocycles. The number of carbonyl (C=O) groups is 2. The lowest BCUT2D eigenvalue weighted by Gasteiger charge is -2.13. The molecular formula is C11H15N3O3. The molecule has 1 atom stereocenters. The van der Waals surface area contributed by atoms with Crippen LogP contribution in [0.5, 0.6) is 0 Å². The van der Waals surface area contributed by atoms with Gasteiger partial charge in [-0.25, -0.2) is 5.84 Å². The van der Waals surface area contributed by atoms with Crippen LogP contribution in [0.4, 0.5) is 0 Å². The van der Waals surface area contributed by atoms with Gasteiger partial charge in [-0.3, -0.25) is 15.0 Å². The Morgan fingerprint density at radius 2 is 2.47 bits per heavy atom. The van der Waals surface area contributed by atoms with Crippen molar-refractivity contribution < 1.29 is 14.0 Å². The van der Waals surface area contributed by atoms with Crippen molar-refractivity contribution in [3.63, 3.8) is 0 Å². The van der Waals surface area contributed by atoms with Crippen molar-refractivity contribution in [1.82, 2.24) is 10.3 Å². The molecule has 1 unspecified atom stereocenters. The van der Waals surface area contributed by atoms with E-state index in [-0.39, 0.29) is 5.91 Å². The average molecular weight is 237 g/mol. The summed E-state index contributed by atoms with van der Waals surface area (Å²) in [6, 6.07) is 1.60. The van der Waals surface area contributed by atoms with E-state index in [1.54, 1.807) is 11.0 Å². The first-order valence-corrected chi connectivity index (χ1v) is 5.46. The highest BCUT2D eigenvalue weighted by atomic mass is 16.3. The van der Waals surface area contributed by atoms with Gasteiger partial charge in [-0.15, -0.1) is 0 Å². The number of hydrogen-bond acceptors (Lipinski definition) is 4. The Morgan fingerprint density at radius 1 is 1.71 bits per heavy atom. The molecule has 6 nitrogen and oxygen atoms in total. The third kappa shape index (κ3) is 2.47. The normalized spacial score (nSPS) is 19.8. The molecule has 2 rings (SSSR count). The minimum atomic E-state index is -0.402. The van der Waals surface area contributed by atoms with E-state index in [9.17, 15) is 9.59 Å². The van der Waals surface area contributed by atoms with Crippen LogP contribution in [0, 0.1) is 5.92 Å². The summed E-state index contributed by atoms with van der Waals surface area (Å²) in [5.41, 5.74) is 2.39. The van der Waals surface area contributed by atoms with E-state index in [4.69, 9.17) is 10.3 Å². The van der Waals surface area contributed by atoms with Gasteiger partial charge in [-0.1, -0.05) is 6.92 Å². The predicted molar refractivity (Wildman–Crippen MR) is 59.6 cm³/mol. The van der Waals surface area contributed by atoms with E-state index in [1.807, 2.05) is 12.3 Å². The SMILES string of the molecule is CC1CC(=O)N(Cc2cc(C(=O)NN)co2)C1. The van der Waals surface area contributed by atoms with Crippen LogP contribution in [0.1, 0.15) is 29.5 Å². The van der Waals surface area contributed by atoms with Crippen molar-refractivity contribution in [2.24, 2.45) is 11.8 Å². The summed E-state index contributed by atoms with van der Waals surface area (Å²) in [6.07, 6.45) is 1.92. The monoisotopic (exact) mass is 237 g/mol. The molecule has 17 heavy (non-hydrogen) atoms. The number of nitrogen functional groups attached to an aromatic ring is 1. The molecule has 3 N–H and O–H groups in total. The zero-order chi connectivity index (χ0) is 12.4. The third-order valence-electron chi connectivity index (χ3n) is 2.80. The molecular weight excluding hydrogens is 222 g/mol. The van der Waals surface area contributed by atoms with Crippen LogP contribution in [-0.4, -0.2) is 23.3 Å². The maximum absolute atomic E-state index is 11.6. The van der Waals surface area contributed by atoms with E-state index in [1.165, 1.54) is 6.26 Å². The van der Waals surface area contributed by atoms with Crippen LogP contribution >= 0.6 is 0 Å². The fourth-order valence-electron chi connectivity index (χ4n) is 1.98. The highest BCUT2D eigenvalue weighted by Crippen LogP contribution is 2.20. The van der Waals surface area contributed by atoms with Crippen LogP contribution in [-0.2, 0) is 11.3 Å². The van der Waals surface area contributed by atoms with Crippen molar-refractivity contribution in [2.75, 3.05) is 6.54 Å². The van der Waals surface area contributed by atoms with E-state index in [0.29, 0.717) is 30.2 Å². The minimum Gasteiger partial charge on any atom is -0.467 e. The number of amides is 2. The van der Waals surface area contributed by atoms with Crippen molar-refractivity contribution in [1.29, 1.82) is 0 Å². The van der Waals surface area contributed by atoms with Gasteiger partial charge in [0.1, 0.15) is 12.0 Å². The van der Waals surface area contributed by atoms with Gasteiger partial charge in [0.2, 0.25) is 5.91 Å². The Kier molecular flexibility index (Phi) is 3.14. The molecule has 1 aliphatic heterocycles. The number of furan rings is 1. The zero-order valence-electron chi connectivity index (χ0n) is 9.60. The number of hydrazine groups is 1. The third-order valence-corrected chi connectivity index (χ3v) is 2.80. The molecule has 0 aliphatic carbocycles. The van der Waals surface area contributed by atoms with Crippen LogP contribution in [0.2, 0.25) is 0 Å². The highest BCUT2D eigenvalue weighted by molar-refractivity contribution is 5.93. The largest absolute Gasteiger partial charge is 0.467 e. The summed E-state index contributed by atoms with van der Waals surface area (Å²) < 4.78 is 5.22. The summed E-state index contributed by atoms with van der Waals surface area (Å²) in [5, 5.41) is 0. The van der Waals surface area contributed by atoms with Gasteiger partial charge in [0, 0.05) is 13.0 Å². The predicted octanol–water partition coefficient (Wildman–Crippen LogP) is 0.251. The number of rotatable bonds is 3.